The van der Waals surface area contributed by atoms with Crippen LogP contribution in [0.4, 0.5) is 4.39 Å². The van der Waals surface area contributed by atoms with Gasteiger partial charge in [0.15, 0.2) is 0 Å². The Bertz CT molecular complexity index is 882. The topological polar surface area (TPSA) is 65.3 Å². The molecule has 0 spiro atoms. The Morgan fingerprint density at radius 1 is 1.33 bits per heavy atom. The Kier molecular flexibility index (Phi) is 5.42. The van der Waals surface area contributed by atoms with Gasteiger partial charge in [0.2, 0.25) is 0 Å². The summed E-state index contributed by atoms with van der Waals surface area (Å²) in [7, 11) is 1.89. The second kappa shape index (κ2) is 8.12. The maximum absolute atomic E-state index is 12.9. The van der Waals surface area contributed by atoms with Crippen molar-refractivity contribution in [1.82, 2.24) is 24.6 Å². The lowest BCUT2D eigenvalue weighted by atomic mass is 10.2. The Morgan fingerprint density at radius 3 is 2.96 bits per heavy atom. The molecular weight excluding hydrogens is 369 g/mol. The van der Waals surface area contributed by atoms with E-state index in [1.54, 1.807) is 34.5 Å². The molecule has 0 saturated carbocycles. The SMILES string of the molecule is Cn1ncnc1C1COCCN1Cc1csc(COc2ccc(F)cc2)n1. The van der Waals surface area contributed by atoms with Gasteiger partial charge in [0.25, 0.3) is 0 Å². The molecule has 0 aliphatic carbocycles. The lowest BCUT2D eigenvalue weighted by Crippen LogP contribution is -2.40. The van der Waals surface area contributed by atoms with Crippen molar-refractivity contribution in [3.8, 4) is 5.75 Å². The zero-order valence-corrected chi connectivity index (χ0v) is 15.7. The van der Waals surface area contributed by atoms with E-state index in [0.717, 1.165) is 23.1 Å². The van der Waals surface area contributed by atoms with Gasteiger partial charge >= 0.3 is 0 Å². The molecule has 1 aliphatic heterocycles. The van der Waals surface area contributed by atoms with Gasteiger partial charge in [-0.1, -0.05) is 0 Å². The minimum Gasteiger partial charge on any atom is -0.486 e. The van der Waals surface area contributed by atoms with Gasteiger partial charge in [-0.05, 0) is 24.3 Å². The van der Waals surface area contributed by atoms with Crippen LogP contribution in [-0.2, 0) is 24.9 Å². The molecule has 1 aromatic carbocycles. The van der Waals surface area contributed by atoms with Gasteiger partial charge in [0, 0.05) is 25.5 Å². The molecule has 3 aromatic rings. The van der Waals surface area contributed by atoms with Crippen LogP contribution in [0.2, 0.25) is 0 Å². The molecule has 0 bridgehead atoms. The first-order chi connectivity index (χ1) is 13.2. The molecule has 0 radical (unpaired) electrons. The molecule has 27 heavy (non-hydrogen) atoms. The summed E-state index contributed by atoms with van der Waals surface area (Å²) in [5.74, 6) is 1.25. The maximum Gasteiger partial charge on any atom is 0.146 e. The molecule has 1 saturated heterocycles. The zero-order chi connectivity index (χ0) is 18.6. The van der Waals surface area contributed by atoms with E-state index in [4.69, 9.17) is 9.47 Å². The Morgan fingerprint density at radius 2 is 2.19 bits per heavy atom. The van der Waals surface area contributed by atoms with Crippen LogP contribution in [0.3, 0.4) is 0 Å². The molecular formula is C18H20FN5O2S. The third-order valence-electron chi connectivity index (χ3n) is 4.42. The molecule has 1 unspecified atom stereocenters. The van der Waals surface area contributed by atoms with E-state index in [1.165, 1.54) is 12.1 Å². The number of aryl methyl sites for hydroxylation is 1. The van der Waals surface area contributed by atoms with E-state index in [9.17, 15) is 4.39 Å². The van der Waals surface area contributed by atoms with Crippen molar-refractivity contribution >= 4 is 11.3 Å². The lowest BCUT2D eigenvalue weighted by Gasteiger charge is -2.34. The molecule has 0 amide bonds. The maximum atomic E-state index is 12.9. The number of hydrogen-bond acceptors (Lipinski definition) is 7. The number of hydrogen-bond donors (Lipinski definition) is 0. The summed E-state index contributed by atoms with van der Waals surface area (Å²) in [4.78, 5) is 11.4. The number of rotatable bonds is 6. The number of thiazole rings is 1. The molecule has 0 N–H and O–H groups in total. The van der Waals surface area contributed by atoms with Gasteiger partial charge in [0.05, 0.1) is 24.9 Å². The van der Waals surface area contributed by atoms with Crippen molar-refractivity contribution in [3.63, 3.8) is 0 Å². The minimum atomic E-state index is -0.276. The van der Waals surface area contributed by atoms with Crippen molar-refractivity contribution in [2.24, 2.45) is 7.05 Å². The van der Waals surface area contributed by atoms with Crippen LogP contribution >= 0.6 is 11.3 Å². The second-order valence-electron chi connectivity index (χ2n) is 6.28. The third-order valence-corrected chi connectivity index (χ3v) is 5.30. The van der Waals surface area contributed by atoms with Crippen molar-refractivity contribution < 1.29 is 13.9 Å². The predicted molar refractivity (Wildman–Crippen MR) is 97.8 cm³/mol. The zero-order valence-electron chi connectivity index (χ0n) is 14.9. The van der Waals surface area contributed by atoms with Gasteiger partial charge in [-0.3, -0.25) is 9.58 Å². The number of morpholine rings is 1. The van der Waals surface area contributed by atoms with Gasteiger partial charge < -0.3 is 9.47 Å². The van der Waals surface area contributed by atoms with Crippen LogP contribution in [0.25, 0.3) is 0 Å². The Balaban J connectivity index is 1.39. The number of aromatic nitrogens is 4. The summed E-state index contributed by atoms with van der Waals surface area (Å²) < 4.78 is 26.0. The van der Waals surface area contributed by atoms with E-state index in [2.05, 4.69) is 20.0 Å². The van der Waals surface area contributed by atoms with Gasteiger partial charge in [-0.15, -0.1) is 11.3 Å². The highest BCUT2D eigenvalue weighted by Gasteiger charge is 2.28. The average molecular weight is 389 g/mol. The number of benzene rings is 1. The average Bonchev–Trinajstić information content (AvgIpc) is 3.31. The smallest absolute Gasteiger partial charge is 0.146 e. The van der Waals surface area contributed by atoms with E-state index in [-0.39, 0.29) is 11.9 Å². The van der Waals surface area contributed by atoms with Gasteiger partial charge in [-0.2, -0.15) is 5.10 Å². The van der Waals surface area contributed by atoms with E-state index >= 15 is 0 Å². The third kappa shape index (κ3) is 4.32. The summed E-state index contributed by atoms with van der Waals surface area (Å²) in [6, 6.07) is 6.06. The summed E-state index contributed by atoms with van der Waals surface area (Å²) in [5.41, 5.74) is 0.992. The number of ether oxygens (including phenoxy) is 2. The summed E-state index contributed by atoms with van der Waals surface area (Å²) in [5, 5.41) is 7.10. The predicted octanol–water partition coefficient (Wildman–Crippen LogP) is 2.56. The second-order valence-corrected chi connectivity index (χ2v) is 7.22. The highest BCUT2D eigenvalue weighted by molar-refractivity contribution is 7.09. The highest BCUT2D eigenvalue weighted by Crippen LogP contribution is 2.25. The first-order valence-corrected chi connectivity index (χ1v) is 9.54. The molecule has 1 atom stereocenters. The van der Waals surface area contributed by atoms with Gasteiger partial charge in [-0.25, -0.2) is 14.4 Å². The fourth-order valence-corrected chi connectivity index (χ4v) is 3.74. The summed E-state index contributed by atoms with van der Waals surface area (Å²) in [6.45, 7) is 3.19. The van der Waals surface area contributed by atoms with E-state index in [1.807, 2.05) is 12.4 Å². The van der Waals surface area contributed by atoms with Crippen molar-refractivity contribution in [2.75, 3.05) is 19.8 Å². The van der Waals surface area contributed by atoms with Crippen LogP contribution < -0.4 is 4.74 Å². The van der Waals surface area contributed by atoms with Crippen LogP contribution in [0.1, 0.15) is 22.6 Å². The van der Waals surface area contributed by atoms with Crippen molar-refractivity contribution in [2.45, 2.75) is 19.2 Å². The van der Waals surface area contributed by atoms with E-state index < -0.39 is 0 Å². The van der Waals surface area contributed by atoms with Crippen LogP contribution in [0.5, 0.6) is 5.75 Å². The molecule has 9 heteroatoms. The number of nitrogens with zero attached hydrogens (tertiary/aromatic N) is 5. The molecule has 3 heterocycles. The normalized spacial score (nSPS) is 17.9. The first kappa shape index (κ1) is 18.0. The lowest BCUT2D eigenvalue weighted by molar-refractivity contribution is -0.0176. The molecule has 1 fully saturated rings. The largest absolute Gasteiger partial charge is 0.486 e. The standard InChI is InChI=1S/C18H20FN5O2S/c1-23-18(20-12-21-23)16-9-25-7-6-24(16)8-14-11-27-17(22-14)10-26-15-4-2-13(19)3-5-15/h2-5,11-12,16H,6-10H2,1H3. The molecule has 7 nitrogen and oxygen atoms in total. The monoisotopic (exact) mass is 389 g/mol. The van der Waals surface area contributed by atoms with E-state index in [0.29, 0.717) is 32.1 Å². The first-order valence-electron chi connectivity index (χ1n) is 8.66. The molecule has 1 aliphatic rings. The fraction of sp³-hybridized carbons (Fsp3) is 0.389. The Hall–Kier alpha value is -2.36. The summed E-state index contributed by atoms with van der Waals surface area (Å²) >= 11 is 1.56. The highest BCUT2D eigenvalue weighted by atomic mass is 32.1. The quantitative estimate of drug-likeness (QED) is 0.646. The fourth-order valence-electron chi connectivity index (χ4n) is 3.04. The minimum absolute atomic E-state index is 0.0619. The van der Waals surface area contributed by atoms with Crippen LogP contribution in [0.15, 0.2) is 36.0 Å². The van der Waals surface area contributed by atoms with Crippen LogP contribution in [-0.4, -0.2) is 44.4 Å². The Labute approximate surface area is 160 Å². The van der Waals surface area contributed by atoms with Crippen LogP contribution in [0, 0.1) is 5.82 Å². The summed E-state index contributed by atoms with van der Waals surface area (Å²) in [6.07, 6.45) is 1.57. The van der Waals surface area contributed by atoms with Gasteiger partial charge in [0.1, 0.15) is 35.3 Å². The van der Waals surface area contributed by atoms with Crippen molar-refractivity contribution in [3.05, 3.63) is 58.3 Å². The van der Waals surface area contributed by atoms with Crippen molar-refractivity contribution in [1.29, 1.82) is 0 Å². The number of halogens is 1. The molecule has 142 valence electrons. The molecule has 2 aromatic heterocycles. The molecule has 4 rings (SSSR count).